The predicted molar refractivity (Wildman–Crippen MR) is 99.1 cm³/mol. The molecule has 3 aromatic rings. The molecule has 0 radical (unpaired) electrons. The van der Waals surface area contributed by atoms with Crippen LogP contribution in [0.1, 0.15) is 21.7 Å². The van der Waals surface area contributed by atoms with Gasteiger partial charge in [0.15, 0.2) is 5.69 Å². The van der Waals surface area contributed by atoms with Gasteiger partial charge in [0.1, 0.15) is 0 Å². The minimum Gasteiger partial charge on any atom is -0.321 e. The van der Waals surface area contributed by atoms with Crippen LogP contribution in [0.25, 0.3) is 0 Å². The number of hydrogen-bond donors (Lipinski definition) is 1. The van der Waals surface area contributed by atoms with E-state index in [1.54, 1.807) is 17.9 Å². The Hall–Kier alpha value is -1.93. The summed E-state index contributed by atoms with van der Waals surface area (Å²) >= 11 is 6.80. The van der Waals surface area contributed by atoms with Gasteiger partial charge >= 0.3 is 0 Å². The van der Waals surface area contributed by atoms with Gasteiger partial charge in [0.25, 0.3) is 5.91 Å². The Morgan fingerprint density at radius 3 is 2.75 bits per heavy atom. The van der Waals surface area contributed by atoms with Gasteiger partial charge in [0.05, 0.1) is 27.4 Å². The number of amides is 1. The Morgan fingerprint density at radius 2 is 2.12 bits per heavy atom. The van der Waals surface area contributed by atoms with Gasteiger partial charge in [0.2, 0.25) is 0 Å². The van der Waals surface area contributed by atoms with Crippen LogP contribution >= 0.6 is 31.9 Å². The van der Waals surface area contributed by atoms with Crippen LogP contribution in [0.2, 0.25) is 0 Å². The van der Waals surface area contributed by atoms with E-state index in [0.29, 0.717) is 16.7 Å². The summed E-state index contributed by atoms with van der Waals surface area (Å²) in [5.74, 6) is -0.246. The molecule has 2 heterocycles. The van der Waals surface area contributed by atoms with Crippen LogP contribution in [0, 0.1) is 6.92 Å². The van der Waals surface area contributed by atoms with Crippen LogP contribution in [0.3, 0.4) is 0 Å². The molecule has 24 heavy (non-hydrogen) atoms. The molecule has 0 saturated heterocycles. The normalized spacial score (nSPS) is 10.8. The Morgan fingerprint density at radius 1 is 1.33 bits per heavy atom. The van der Waals surface area contributed by atoms with Crippen molar-refractivity contribution in [1.82, 2.24) is 19.6 Å². The van der Waals surface area contributed by atoms with Gasteiger partial charge in [0, 0.05) is 18.9 Å². The molecule has 0 fully saturated rings. The number of anilines is 1. The zero-order valence-corrected chi connectivity index (χ0v) is 16.3. The Bertz CT molecular complexity index is 900. The first kappa shape index (κ1) is 16.9. The van der Waals surface area contributed by atoms with Crippen molar-refractivity contribution in [3.8, 4) is 0 Å². The average Bonchev–Trinajstić information content (AvgIpc) is 3.06. The molecule has 0 unspecified atom stereocenters. The number of benzene rings is 1. The van der Waals surface area contributed by atoms with Crippen molar-refractivity contribution >= 4 is 43.5 Å². The van der Waals surface area contributed by atoms with Crippen LogP contribution in [0.4, 0.5) is 5.69 Å². The first-order valence-electron chi connectivity index (χ1n) is 7.21. The van der Waals surface area contributed by atoms with Crippen molar-refractivity contribution in [2.45, 2.75) is 13.5 Å². The highest BCUT2D eigenvalue weighted by Gasteiger charge is 2.17. The molecule has 1 amide bonds. The SMILES string of the molecule is Cc1c(Br)c(C(=O)Nc2cccc(Cn3cc(Br)cn3)c2)nn1C. The molecular formula is C16H15Br2N5O. The summed E-state index contributed by atoms with van der Waals surface area (Å²) in [7, 11) is 1.81. The Labute approximate surface area is 156 Å². The maximum Gasteiger partial charge on any atom is 0.277 e. The lowest BCUT2D eigenvalue weighted by Gasteiger charge is -2.07. The Kier molecular flexibility index (Phi) is 4.86. The first-order chi connectivity index (χ1) is 11.4. The van der Waals surface area contributed by atoms with E-state index in [9.17, 15) is 4.79 Å². The molecule has 0 bridgehead atoms. The predicted octanol–water partition coefficient (Wildman–Crippen LogP) is 3.75. The lowest BCUT2D eigenvalue weighted by atomic mass is 10.2. The van der Waals surface area contributed by atoms with Gasteiger partial charge in [-0.1, -0.05) is 12.1 Å². The second-order valence-corrected chi connectivity index (χ2v) is 7.09. The molecule has 124 valence electrons. The summed E-state index contributed by atoms with van der Waals surface area (Å²) in [5.41, 5.74) is 3.04. The molecule has 0 saturated carbocycles. The molecule has 2 aromatic heterocycles. The zero-order valence-electron chi connectivity index (χ0n) is 13.1. The number of nitrogens with one attached hydrogen (secondary N) is 1. The van der Waals surface area contributed by atoms with Gasteiger partial charge in [-0.3, -0.25) is 14.2 Å². The largest absolute Gasteiger partial charge is 0.321 e. The van der Waals surface area contributed by atoms with E-state index in [1.807, 2.05) is 42.1 Å². The zero-order chi connectivity index (χ0) is 17.3. The van der Waals surface area contributed by atoms with E-state index in [1.165, 1.54) is 0 Å². The Balaban J connectivity index is 1.76. The number of halogens is 2. The van der Waals surface area contributed by atoms with Crippen LogP contribution in [-0.2, 0) is 13.6 Å². The number of rotatable bonds is 4. The van der Waals surface area contributed by atoms with Crippen molar-refractivity contribution in [2.75, 3.05) is 5.32 Å². The van der Waals surface area contributed by atoms with Crippen LogP contribution in [-0.4, -0.2) is 25.5 Å². The molecule has 1 aromatic carbocycles. The number of aromatic nitrogens is 4. The van der Waals surface area contributed by atoms with Crippen LogP contribution in [0.15, 0.2) is 45.6 Å². The fourth-order valence-corrected chi connectivity index (χ4v) is 3.12. The molecule has 1 N–H and O–H groups in total. The average molecular weight is 453 g/mol. The van der Waals surface area contributed by atoms with Crippen molar-refractivity contribution < 1.29 is 4.79 Å². The summed E-state index contributed by atoms with van der Waals surface area (Å²) in [4.78, 5) is 12.4. The van der Waals surface area contributed by atoms with Crippen molar-refractivity contribution in [1.29, 1.82) is 0 Å². The fraction of sp³-hybridized carbons (Fsp3) is 0.188. The molecule has 0 aliphatic carbocycles. The van der Waals surface area contributed by atoms with E-state index >= 15 is 0 Å². The summed E-state index contributed by atoms with van der Waals surface area (Å²) in [6, 6.07) is 7.68. The minimum absolute atomic E-state index is 0.246. The van der Waals surface area contributed by atoms with Crippen LogP contribution in [0.5, 0.6) is 0 Å². The number of aryl methyl sites for hydroxylation is 1. The molecule has 0 aliphatic rings. The summed E-state index contributed by atoms with van der Waals surface area (Å²) in [6.07, 6.45) is 3.64. The molecule has 3 rings (SSSR count). The third-order valence-electron chi connectivity index (χ3n) is 3.61. The monoisotopic (exact) mass is 451 g/mol. The molecular weight excluding hydrogens is 438 g/mol. The summed E-state index contributed by atoms with van der Waals surface area (Å²) in [5, 5.41) is 11.4. The third-order valence-corrected chi connectivity index (χ3v) is 4.97. The maximum absolute atomic E-state index is 12.4. The maximum atomic E-state index is 12.4. The smallest absolute Gasteiger partial charge is 0.277 e. The number of carbonyl (C=O) groups excluding carboxylic acids is 1. The highest BCUT2D eigenvalue weighted by Crippen LogP contribution is 2.21. The van der Waals surface area contributed by atoms with Gasteiger partial charge in [-0.15, -0.1) is 0 Å². The van der Waals surface area contributed by atoms with E-state index in [0.717, 1.165) is 21.4 Å². The topological polar surface area (TPSA) is 64.7 Å². The van der Waals surface area contributed by atoms with Gasteiger partial charge in [-0.25, -0.2) is 0 Å². The highest BCUT2D eigenvalue weighted by atomic mass is 79.9. The van der Waals surface area contributed by atoms with Gasteiger partial charge in [-0.05, 0) is 56.5 Å². The molecule has 0 spiro atoms. The molecule has 6 nitrogen and oxygen atoms in total. The van der Waals surface area contributed by atoms with Crippen LogP contribution < -0.4 is 5.32 Å². The highest BCUT2D eigenvalue weighted by molar-refractivity contribution is 9.10. The molecule has 0 aliphatic heterocycles. The first-order valence-corrected chi connectivity index (χ1v) is 8.80. The summed E-state index contributed by atoms with van der Waals surface area (Å²) < 4.78 is 5.14. The van der Waals surface area contributed by atoms with E-state index < -0.39 is 0 Å². The fourth-order valence-electron chi connectivity index (χ4n) is 2.28. The second kappa shape index (κ2) is 6.90. The molecule has 8 heteroatoms. The lowest BCUT2D eigenvalue weighted by Crippen LogP contribution is -2.14. The van der Waals surface area contributed by atoms with Crippen molar-refractivity contribution in [3.63, 3.8) is 0 Å². The van der Waals surface area contributed by atoms with Gasteiger partial charge in [-0.2, -0.15) is 10.2 Å². The number of hydrogen-bond acceptors (Lipinski definition) is 3. The molecule has 0 atom stereocenters. The van der Waals surface area contributed by atoms with E-state index in [2.05, 4.69) is 47.4 Å². The lowest BCUT2D eigenvalue weighted by molar-refractivity contribution is 0.102. The summed E-state index contributed by atoms with van der Waals surface area (Å²) in [6.45, 7) is 2.53. The number of carbonyl (C=O) groups is 1. The second-order valence-electron chi connectivity index (χ2n) is 5.38. The number of nitrogens with zero attached hydrogens (tertiary/aromatic N) is 4. The quantitative estimate of drug-likeness (QED) is 0.655. The van der Waals surface area contributed by atoms with E-state index in [4.69, 9.17) is 0 Å². The van der Waals surface area contributed by atoms with Crippen molar-refractivity contribution in [3.05, 3.63) is 62.6 Å². The standard InChI is InChI=1S/C16H15Br2N5O/c1-10-14(18)15(21-22(10)2)16(24)20-13-5-3-4-11(6-13)8-23-9-12(17)7-19-23/h3-7,9H,8H2,1-2H3,(H,20,24). The third kappa shape index (κ3) is 3.59. The minimum atomic E-state index is -0.246. The van der Waals surface area contributed by atoms with Gasteiger partial charge < -0.3 is 5.32 Å². The van der Waals surface area contributed by atoms with E-state index in [-0.39, 0.29) is 5.91 Å². The van der Waals surface area contributed by atoms with Crippen molar-refractivity contribution in [2.24, 2.45) is 7.05 Å².